The number of anilines is 1. The molecule has 2 heterocycles. The quantitative estimate of drug-likeness (QED) is 0.302. The molecule has 4 aromatic carbocycles. The van der Waals surface area contributed by atoms with Gasteiger partial charge in [0, 0.05) is 34.1 Å². The van der Waals surface area contributed by atoms with Crippen molar-refractivity contribution in [1.82, 2.24) is 4.57 Å². The van der Waals surface area contributed by atoms with Crippen molar-refractivity contribution in [1.29, 1.82) is 0 Å². The van der Waals surface area contributed by atoms with Crippen molar-refractivity contribution in [2.75, 3.05) is 11.4 Å². The summed E-state index contributed by atoms with van der Waals surface area (Å²) in [6.45, 7) is 2.68. The molecule has 3 nitrogen and oxygen atoms in total. The lowest BCUT2D eigenvalue weighted by molar-refractivity contribution is -0.112. The van der Waals surface area contributed by atoms with Crippen LogP contribution in [0.15, 0.2) is 97.1 Å². The lowest BCUT2D eigenvalue weighted by Crippen LogP contribution is -2.25. The van der Waals surface area contributed by atoms with Crippen molar-refractivity contribution in [2.24, 2.45) is 0 Å². The summed E-state index contributed by atoms with van der Waals surface area (Å²) in [5, 5.41) is 2.39. The van der Waals surface area contributed by atoms with Crippen LogP contribution in [0, 0.1) is 0 Å². The van der Waals surface area contributed by atoms with E-state index in [9.17, 15) is 4.79 Å². The lowest BCUT2D eigenvalue weighted by Gasteiger charge is -2.13. The second-order valence-electron chi connectivity index (χ2n) is 8.09. The Hall–Kier alpha value is -4.11. The number of rotatable bonds is 3. The molecule has 1 amide bonds. The molecule has 1 aromatic heterocycles. The summed E-state index contributed by atoms with van der Waals surface area (Å²) in [6, 6.07) is 33.5. The first-order valence-electron chi connectivity index (χ1n) is 11.0. The molecule has 5 aromatic rings. The van der Waals surface area contributed by atoms with Crippen LogP contribution in [-0.2, 0) is 4.79 Å². The van der Waals surface area contributed by atoms with Crippen LogP contribution in [0.5, 0.6) is 0 Å². The summed E-state index contributed by atoms with van der Waals surface area (Å²) in [4.78, 5) is 15.0. The number of hydrogen-bond donors (Lipinski definition) is 0. The van der Waals surface area contributed by atoms with E-state index in [1.54, 1.807) is 0 Å². The van der Waals surface area contributed by atoms with E-state index in [1.807, 2.05) is 48.2 Å². The molecule has 0 aliphatic carbocycles. The van der Waals surface area contributed by atoms with Crippen molar-refractivity contribution in [2.45, 2.75) is 6.92 Å². The maximum Gasteiger partial charge on any atom is 0.258 e. The molecule has 1 aliphatic heterocycles. The van der Waals surface area contributed by atoms with E-state index in [4.69, 9.17) is 0 Å². The van der Waals surface area contributed by atoms with Gasteiger partial charge in [0.2, 0.25) is 0 Å². The molecule has 0 unspecified atom stereocenters. The van der Waals surface area contributed by atoms with Gasteiger partial charge in [-0.2, -0.15) is 0 Å². The Labute approximate surface area is 186 Å². The van der Waals surface area contributed by atoms with Gasteiger partial charge in [-0.05, 0) is 55.0 Å². The number of aromatic nitrogens is 1. The predicted molar refractivity (Wildman–Crippen MR) is 133 cm³/mol. The average Bonchev–Trinajstić information content (AvgIpc) is 3.31. The summed E-state index contributed by atoms with van der Waals surface area (Å²) in [7, 11) is 0. The van der Waals surface area contributed by atoms with Crippen molar-refractivity contribution in [3.63, 3.8) is 0 Å². The van der Waals surface area contributed by atoms with E-state index in [1.165, 1.54) is 16.3 Å². The van der Waals surface area contributed by atoms with Crippen LogP contribution in [0.2, 0.25) is 0 Å². The normalized spacial score (nSPS) is 14.6. The second-order valence-corrected chi connectivity index (χ2v) is 8.09. The SMILES string of the molecule is CCN1C(=O)/C(=C\c2ccc3c(c2)c2ccccc2n3-c2ccccc2)c2ccccc21. The molecule has 0 radical (unpaired) electrons. The summed E-state index contributed by atoms with van der Waals surface area (Å²) in [5.74, 6) is 0.0699. The average molecular weight is 415 g/mol. The fraction of sp³-hybridized carbons (Fsp3) is 0.0690. The van der Waals surface area contributed by atoms with Crippen LogP contribution in [0.25, 0.3) is 39.1 Å². The largest absolute Gasteiger partial charge is 0.309 e. The number of hydrogen-bond acceptors (Lipinski definition) is 1. The molecule has 0 spiro atoms. The van der Waals surface area contributed by atoms with Gasteiger partial charge in [0.1, 0.15) is 0 Å². The van der Waals surface area contributed by atoms with Gasteiger partial charge >= 0.3 is 0 Å². The van der Waals surface area contributed by atoms with E-state index < -0.39 is 0 Å². The Balaban J connectivity index is 1.56. The van der Waals surface area contributed by atoms with Crippen LogP contribution in [0.3, 0.4) is 0 Å². The zero-order valence-electron chi connectivity index (χ0n) is 17.8. The summed E-state index contributed by atoms with van der Waals surface area (Å²) >= 11 is 0. The molecule has 6 rings (SSSR count). The molecular weight excluding hydrogens is 392 g/mol. The van der Waals surface area contributed by atoms with Crippen LogP contribution in [-0.4, -0.2) is 17.0 Å². The van der Waals surface area contributed by atoms with Crippen LogP contribution < -0.4 is 4.90 Å². The molecule has 154 valence electrons. The first kappa shape index (κ1) is 18.6. The molecule has 32 heavy (non-hydrogen) atoms. The van der Waals surface area contributed by atoms with Crippen molar-refractivity contribution in [3.8, 4) is 5.69 Å². The Morgan fingerprint density at radius 1 is 0.750 bits per heavy atom. The van der Waals surface area contributed by atoms with Gasteiger partial charge in [-0.15, -0.1) is 0 Å². The van der Waals surface area contributed by atoms with Crippen LogP contribution in [0.4, 0.5) is 5.69 Å². The first-order valence-corrected chi connectivity index (χ1v) is 11.0. The molecule has 3 heteroatoms. The third-order valence-electron chi connectivity index (χ3n) is 6.30. The van der Waals surface area contributed by atoms with E-state index in [-0.39, 0.29) is 5.91 Å². The highest BCUT2D eigenvalue weighted by atomic mass is 16.2. The molecule has 0 N–H and O–H groups in total. The highest BCUT2D eigenvalue weighted by molar-refractivity contribution is 6.35. The highest BCUT2D eigenvalue weighted by Gasteiger charge is 2.30. The van der Waals surface area contributed by atoms with Crippen molar-refractivity contribution in [3.05, 3.63) is 108 Å². The third kappa shape index (κ3) is 2.71. The smallest absolute Gasteiger partial charge is 0.258 e. The number of amides is 1. The van der Waals surface area contributed by atoms with E-state index in [2.05, 4.69) is 71.3 Å². The standard InChI is InChI=1S/C29H22N2O/c1-2-30-26-14-8-6-13-23(26)25(29(30)32)19-20-16-17-28-24(18-20)22-12-7-9-15-27(22)31(28)21-10-4-3-5-11-21/h3-19H,2H2,1H3/b25-19-. The maximum absolute atomic E-state index is 13.1. The molecule has 0 fully saturated rings. The Bertz CT molecular complexity index is 1530. The van der Waals surface area contributed by atoms with Gasteiger partial charge < -0.3 is 9.47 Å². The molecular formula is C29H22N2O. The Morgan fingerprint density at radius 3 is 2.31 bits per heavy atom. The number of nitrogens with zero attached hydrogens (tertiary/aromatic N) is 2. The number of carbonyl (C=O) groups excluding carboxylic acids is 1. The summed E-state index contributed by atoms with van der Waals surface area (Å²) in [6.07, 6.45) is 2.03. The fourth-order valence-electron chi connectivity index (χ4n) is 4.86. The van der Waals surface area contributed by atoms with Gasteiger partial charge in [0.15, 0.2) is 0 Å². The minimum Gasteiger partial charge on any atom is -0.309 e. The van der Waals surface area contributed by atoms with Gasteiger partial charge in [-0.1, -0.05) is 60.7 Å². The van der Waals surface area contributed by atoms with Crippen molar-refractivity contribution >= 4 is 45.0 Å². The highest BCUT2D eigenvalue weighted by Crippen LogP contribution is 2.38. The topological polar surface area (TPSA) is 25.2 Å². The zero-order chi connectivity index (χ0) is 21.7. The molecule has 0 atom stereocenters. The van der Waals surface area contributed by atoms with Gasteiger partial charge in [0.05, 0.1) is 16.7 Å². The minimum absolute atomic E-state index is 0.0699. The van der Waals surface area contributed by atoms with Crippen LogP contribution >= 0.6 is 0 Å². The van der Waals surface area contributed by atoms with Crippen LogP contribution in [0.1, 0.15) is 18.1 Å². The number of benzene rings is 4. The summed E-state index contributed by atoms with van der Waals surface area (Å²) in [5.41, 5.74) is 7.27. The minimum atomic E-state index is 0.0699. The fourth-order valence-corrected chi connectivity index (χ4v) is 4.86. The zero-order valence-corrected chi connectivity index (χ0v) is 17.8. The van der Waals surface area contributed by atoms with E-state index in [0.717, 1.165) is 33.6 Å². The predicted octanol–water partition coefficient (Wildman–Crippen LogP) is 6.69. The maximum atomic E-state index is 13.1. The number of likely N-dealkylation sites (N-methyl/N-ethyl adjacent to an activating group) is 1. The van der Waals surface area contributed by atoms with E-state index >= 15 is 0 Å². The monoisotopic (exact) mass is 414 g/mol. The number of fused-ring (bicyclic) bond motifs is 4. The number of carbonyl (C=O) groups is 1. The third-order valence-corrected chi connectivity index (χ3v) is 6.30. The lowest BCUT2D eigenvalue weighted by atomic mass is 10.0. The second kappa shape index (κ2) is 7.24. The first-order chi connectivity index (χ1) is 15.8. The van der Waals surface area contributed by atoms with Gasteiger partial charge in [-0.3, -0.25) is 4.79 Å². The van der Waals surface area contributed by atoms with Crippen molar-refractivity contribution < 1.29 is 4.79 Å². The molecule has 1 aliphatic rings. The number of para-hydroxylation sites is 3. The van der Waals surface area contributed by atoms with Gasteiger partial charge in [0.25, 0.3) is 5.91 Å². The van der Waals surface area contributed by atoms with Gasteiger partial charge in [-0.25, -0.2) is 0 Å². The Morgan fingerprint density at radius 2 is 1.47 bits per heavy atom. The molecule has 0 saturated heterocycles. The van der Waals surface area contributed by atoms with E-state index in [0.29, 0.717) is 6.54 Å². The Kier molecular flexibility index (Phi) is 4.22. The summed E-state index contributed by atoms with van der Waals surface area (Å²) < 4.78 is 2.30. The molecule has 0 bridgehead atoms. The molecule has 0 saturated carbocycles.